The Morgan fingerprint density at radius 3 is 2.33 bits per heavy atom. The van der Waals surface area contributed by atoms with Crippen LogP contribution in [0.15, 0.2) is 54.6 Å². The molecule has 0 N–H and O–H groups in total. The number of esters is 1. The average molecular weight is 284 g/mol. The third-order valence-electron chi connectivity index (χ3n) is 3.09. The summed E-state index contributed by atoms with van der Waals surface area (Å²) in [4.78, 5) is 10.6. The van der Waals surface area contributed by atoms with Crippen LogP contribution in [-0.4, -0.2) is 12.6 Å². The zero-order valence-electron chi connectivity index (χ0n) is 12.2. The quantitative estimate of drug-likeness (QED) is 0.573. The fourth-order valence-electron chi connectivity index (χ4n) is 1.99. The number of carbonyl (C=O) groups excluding carboxylic acids is 1. The Hall–Kier alpha value is -2.29. The van der Waals surface area contributed by atoms with Crippen LogP contribution in [0.2, 0.25) is 0 Å². The van der Waals surface area contributed by atoms with Crippen molar-refractivity contribution in [2.45, 2.75) is 26.4 Å². The van der Waals surface area contributed by atoms with Gasteiger partial charge in [0.15, 0.2) is 0 Å². The van der Waals surface area contributed by atoms with E-state index in [9.17, 15) is 4.79 Å². The molecule has 0 saturated heterocycles. The normalized spacial score (nSPS) is 10.1. The fourth-order valence-corrected chi connectivity index (χ4v) is 1.99. The van der Waals surface area contributed by atoms with Crippen molar-refractivity contribution in [2.75, 3.05) is 6.61 Å². The maximum atomic E-state index is 10.6. The second kappa shape index (κ2) is 8.10. The minimum Gasteiger partial charge on any atom is -0.489 e. The first kappa shape index (κ1) is 15.1. The monoisotopic (exact) mass is 284 g/mol. The summed E-state index contributed by atoms with van der Waals surface area (Å²) in [5.41, 5.74) is 2.37. The van der Waals surface area contributed by atoms with Gasteiger partial charge in [0, 0.05) is 6.92 Å². The van der Waals surface area contributed by atoms with Crippen LogP contribution in [0.3, 0.4) is 0 Å². The molecule has 3 heteroatoms. The van der Waals surface area contributed by atoms with Crippen LogP contribution in [0, 0.1) is 0 Å². The lowest BCUT2D eigenvalue weighted by Gasteiger charge is -2.07. The molecule has 2 rings (SSSR count). The van der Waals surface area contributed by atoms with Crippen molar-refractivity contribution in [1.29, 1.82) is 0 Å². The highest BCUT2D eigenvalue weighted by Crippen LogP contribution is 2.15. The number of carbonyl (C=O) groups is 1. The van der Waals surface area contributed by atoms with Crippen LogP contribution < -0.4 is 4.74 Å². The maximum Gasteiger partial charge on any atom is 0.302 e. The first-order valence-electron chi connectivity index (χ1n) is 7.13. The van der Waals surface area contributed by atoms with Gasteiger partial charge in [-0.2, -0.15) is 0 Å². The molecule has 2 aromatic carbocycles. The van der Waals surface area contributed by atoms with Crippen molar-refractivity contribution in [3.8, 4) is 5.75 Å². The molecule has 3 nitrogen and oxygen atoms in total. The molecular formula is C18H20O3. The average Bonchev–Trinajstić information content (AvgIpc) is 2.51. The van der Waals surface area contributed by atoms with E-state index in [-0.39, 0.29) is 5.97 Å². The Labute approximate surface area is 125 Å². The number of rotatable bonds is 7. The molecule has 0 fully saturated rings. The molecule has 110 valence electrons. The lowest BCUT2D eigenvalue weighted by Crippen LogP contribution is -2.01. The minimum absolute atomic E-state index is 0.223. The fraction of sp³-hybridized carbons (Fsp3) is 0.278. The lowest BCUT2D eigenvalue weighted by molar-refractivity contribution is -0.141. The minimum atomic E-state index is -0.223. The van der Waals surface area contributed by atoms with E-state index in [0.29, 0.717) is 13.2 Å². The van der Waals surface area contributed by atoms with Crippen LogP contribution in [0.25, 0.3) is 0 Å². The molecule has 0 amide bonds. The van der Waals surface area contributed by atoms with Gasteiger partial charge >= 0.3 is 5.97 Å². The molecule has 0 spiro atoms. The largest absolute Gasteiger partial charge is 0.489 e. The Kier molecular flexibility index (Phi) is 5.83. The van der Waals surface area contributed by atoms with E-state index in [1.165, 1.54) is 12.5 Å². The molecule has 0 aliphatic heterocycles. The van der Waals surface area contributed by atoms with Gasteiger partial charge in [-0.05, 0) is 36.1 Å². The third kappa shape index (κ3) is 5.69. The zero-order valence-corrected chi connectivity index (χ0v) is 12.2. The van der Waals surface area contributed by atoms with Gasteiger partial charge < -0.3 is 9.47 Å². The Morgan fingerprint density at radius 1 is 0.952 bits per heavy atom. The molecule has 0 bridgehead atoms. The first-order valence-corrected chi connectivity index (χ1v) is 7.13. The number of hydrogen-bond donors (Lipinski definition) is 0. The van der Waals surface area contributed by atoms with Crippen molar-refractivity contribution in [3.05, 3.63) is 65.7 Å². The van der Waals surface area contributed by atoms with Crippen molar-refractivity contribution < 1.29 is 14.3 Å². The molecule has 0 radical (unpaired) electrons. The SMILES string of the molecule is CC(=O)OCCCc1ccc(OCc2ccccc2)cc1. The summed E-state index contributed by atoms with van der Waals surface area (Å²) >= 11 is 0. The molecule has 2 aromatic rings. The molecule has 0 atom stereocenters. The van der Waals surface area contributed by atoms with Gasteiger partial charge in [0.25, 0.3) is 0 Å². The Morgan fingerprint density at radius 2 is 1.67 bits per heavy atom. The highest BCUT2D eigenvalue weighted by molar-refractivity contribution is 5.65. The van der Waals surface area contributed by atoms with Gasteiger partial charge in [0.2, 0.25) is 0 Å². The lowest BCUT2D eigenvalue weighted by atomic mass is 10.1. The zero-order chi connectivity index (χ0) is 14.9. The molecule has 21 heavy (non-hydrogen) atoms. The summed E-state index contributed by atoms with van der Waals surface area (Å²) in [5.74, 6) is 0.641. The van der Waals surface area contributed by atoms with Crippen molar-refractivity contribution in [2.24, 2.45) is 0 Å². The number of hydrogen-bond acceptors (Lipinski definition) is 3. The Balaban J connectivity index is 1.75. The van der Waals surface area contributed by atoms with Gasteiger partial charge in [0.05, 0.1) is 6.61 Å². The van der Waals surface area contributed by atoms with Crippen LogP contribution in [0.5, 0.6) is 5.75 Å². The summed E-state index contributed by atoms with van der Waals surface area (Å²) in [6.07, 6.45) is 1.73. The summed E-state index contributed by atoms with van der Waals surface area (Å²) < 4.78 is 10.6. The predicted molar refractivity (Wildman–Crippen MR) is 82.2 cm³/mol. The van der Waals surface area contributed by atoms with Gasteiger partial charge in [-0.1, -0.05) is 42.5 Å². The summed E-state index contributed by atoms with van der Waals surface area (Å²) in [6.45, 7) is 2.48. The standard InChI is InChI=1S/C18H20O3/c1-15(19)20-13-5-8-16-9-11-18(12-10-16)21-14-17-6-3-2-4-7-17/h2-4,6-7,9-12H,5,8,13-14H2,1H3. The Bertz CT molecular complexity index is 546. The summed E-state index contributed by atoms with van der Waals surface area (Å²) in [5, 5.41) is 0. The number of ether oxygens (including phenoxy) is 2. The smallest absolute Gasteiger partial charge is 0.302 e. The molecule has 0 aliphatic rings. The van der Waals surface area contributed by atoms with E-state index in [1.54, 1.807) is 0 Å². The van der Waals surface area contributed by atoms with Crippen LogP contribution in [0.1, 0.15) is 24.5 Å². The van der Waals surface area contributed by atoms with E-state index in [1.807, 2.05) is 54.6 Å². The topological polar surface area (TPSA) is 35.5 Å². The highest BCUT2D eigenvalue weighted by Gasteiger charge is 1.98. The van der Waals surface area contributed by atoms with Gasteiger partial charge in [-0.3, -0.25) is 4.79 Å². The van der Waals surface area contributed by atoms with Crippen LogP contribution in [-0.2, 0) is 22.6 Å². The first-order chi connectivity index (χ1) is 10.2. The van der Waals surface area contributed by atoms with E-state index in [2.05, 4.69) is 0 Å². The van der Waals surface area contributed by atoms with E-state index < -0.39 is 0 Å². The highest BCUT2D eigenvalue weighted by atomic mass is 16.5. The molecule has 0 unspecified atom stereocenters. The number of aryl methyl sites for hydroxylation is 1. The van der Waals surface area contributed by atoms with Crippen LogP contribution in [0.4, 0.5) is 0 Å². The summed E-state index contributed by atoms with van der Waals surface area (Å²) in [6, 6.07) is 18.1. The summed E-state index contributed by atoms with van der Waals surface area (Å²) in [7, 11) is 0. The molecular weight excluding hydrogens is 264 g/mol. The van der Waals surface area contributed by atoms with Crippen molar-refractivity contribution in [3.63, 3.8) is 0 Å². The van der Waals surface area contributed by atoms with Crippen molar-refractivity contribution >= 4 is 5.97 Å². The second-order valence-electron chi connectivity index (χ2n) is 4.86. The molecule has 0 aromatic heterocycles. The van der Waals surface area contributed by atoms with Gasteiger partial charge in [0.1, 0.15) is 12.4 Å². The van der Waals surface area contributed by atoms with E-state index in [4.69, 9.17) is 9.47 Å². The van der Waals surface area contributed by atoms with Gasteiger partial charge in [-0.15, -0.1) is 0 Å². The molecule has 0 heterocycles. The van der Waals surface area contributed by atoms with E-state index in [0.717, 1.165) is 24.2 Å². The molecule has 0 aliphatic carbocycles. The van der Waals surface area contributed by atoms with E-state index >= 15 is 0 Å². The number of benzene rings is 2. The van der Waals surface area contributed by atoms with Gasteiger partial charge in [-0.25, -0.2) is 0 Å². The van der Waals surface area contributed by atoms with Crippen molar-refractivity contribution in [1.82, 2.24) is 0 Å². The predicted octanol–water partition coefficient (Wildman–Crippen LogP) is 3.76. The van der Waals surface area contributed by atoms with Crippen LogP contribution >= 0.6 is 0 Å². The third-order valence-corrected chi connectivity index (χ3v) is 3.09. The second-order valence-corrected chi connectivity index (χ2v) is 4.86. The molecule has 0 saturated carbocycles. The maximum absolute atomic E-state index is 10.6.